The number of carboxylic acid groups (broad SMARTS) is 1. The van der Waals surface area contributed by atoms with Crippen molar-refractivity contribution in [1.29, 1.82) is 0 Å². The van der Waals surface area contributed by atoms with Crippen LogP contribution in [0.1, 0.15) is 32.6 Å². The molecule has 4 nitrogen and oxygen atoms in total. The fraction of sp³-hybridized carbons (Fsp3) is 0.900. The molecule has 82 valence electrons. The molecule has 1 fully saturated rings. The van der Waals surface area contributed by atoms with Crippen LogP contribution in [-0.2, 0) is 9.53 Å². The molecule has 1 rings (SSSR count). The highest BCUT2D eigenvalue weighted by molar-refractivity contribution is 5.79. The fourth-order valence-electron chi connectivity index (χ4n) is 1.80. The highest BCUT2D eigenvalue weighted by Gasteiger charge is 2.40. The van der Waals surface area contributed by atoms with Crippen molar-refractivity contribution in [3.63, 3.8) is 0 Å². The van der Waals surface area contributed by atoms with Gasteiger partial charge in [0.25, 0.3) is 0 Å². The maximum atomic E-state index is 11.1. The molecular formula is C10H19NO3. The van der Waals surface area contributed by atoms with Gasteiger partial charge >= 0.3 is 5.97 Å². The minimum Gasteiger partial charge on any atom is -0.480 e. The number of hydrogen-bond donors (Lipinski definition) is 2. The molecule has 0 bridgehead atoms. The highest BCUT2D eigenvalue weighted by atomic mass is 16.5. The molecule has 0 aromatic carbocycles. The van der Waals surface area contributed by atoms with E-state index in [9.17, 15) is 4.79 Å². The van der Waals surface area contributed by atoms with Gasteiger partial charge in [-0.15, -0.1) is 0 Å². The number of rotatable bonds is 6. The number of aliphatic carboxylic acids is 1. The van der Waals surface area contributed by atoms with Crippen LogP contribution >= 0.6 is 0 Å². The Morgan fingerprint density at radius 2 is 2.36 bits per heavy atom. The number of hydrogen-bond acceptors (Lipinski definition) is 3. The average Bonchev–Trinajstić information content (AvgIpc) is 2.62. The largest absolute Gasteiger partial charge is 0.480 e. The normalized spacial score (nSPS) is 26.6. The molecule has 1 aliphatic heterocycles. The molecule has 14 heavy (non-hydrogen) atoms. The van der Waals surface area contributed by atoms with E-state index in [4.69, 9.17) is 9.84 Å². The van der Waals surface area contributed by atoms with E-state index in [-0.39, 0.29) is 0 Å². The topological polar surface area (TPSA) is 58.6 Å². The van der Waals surface area contributed by atoms with Crippen molar-refractivity contribution in [3.8, 4) is 0 Å². The summed E-state index contributed by atoms with van der Waals surface area (Å²) >= 11 is 0. The van der Waals surface area contributed by atoms with Gasteiger partial charge in [-0.1, -0.05) is 6.92 Å². The van der Waals surface area contributed by atoms with Crippen LogP contribution < -0.4 is 5.32 Å². The van der Waals surface area contributed by atoms with Gasteiger partial charge in [0, 0.05) is 13.2 Å². The van der Waals surface area contributed by atoms with E-state index in [1.807, 2.05) is 6.92 Å². The zero-order valence-corrected chi connectivity index (χ0v) is 8.71. The smallest absolute Gasteiger partial charge is 0.323 e. The van der Waals surface area contributed by atoms with Gasteiger partial charge in [-0.05, 0) is 32.2 Å². The third-order valence-electron chi connectivity index (χ3n) is 2.67. The van der Waals surface area contributed by atoms with Crippen molar-refractivity contribution in [1.82, 2.24) is 5.32 Å². The molecule has 0 aromatic heterocycles. The maximum Gasteiger partial charge on any atom is 0.323 e. The van der Waals surface area contributed by atoms with Crippen LogP contribution in [0.2, 0.25) is 0 Å². The number of nitrogens with one attached hydrogen (secondary N) is 1. The summed E-state index contributed by atoms with van der Waals surface area (Å²) in [6.07, 6.45) is 3.22. The van der Waals surface area contributed by atoms with Crippen LogP contribution in [-0.4, -0.2) is 36.4 Å². The second-order valence-corrected chi connectivity index (χ2v) is 3.78. The Morgan fingerprint density at radius 1 is 1.57 bits per heavy atom. The van der Waals surface area contributed by atoms with E-state index in [0.29, 0.717) is 13.0 Å². The van der Waals surface area contributed by atoms with Crippen molar-refractivity contribution in [2.75, 3.05) is 19.8 Å². The predicted octanol–water partition coefficient (Wildman–Crippen LogP) is 1.01. The Balaban J connectivity index is 2.33. The monoisotopic (exact) mass is 201 g/mol. The molecule has 1 heterocycles. The van der Waals surface area contributed by atoms with E-state index in [1.165, 1.54) is 0 Å². The fourth-order valence-corrected chi connectivity index (χ4v) is 1.80. The molecule has 1 atom stereocenters. The summed E-state index contributed by atoms with van der Waals surface area (Å²) in [5.41, 5.74) is -0.715. The summed E-state index contributed by atoms with van der Waals surface area (Å²) in [5, 5.41) is 12.2. The number of ether oxygens (including phenoxy) is 1. The molecule has 0 aromatic rings. The minimum atomic E-state index is -0.741. The third-order valence-corrected chi connectivity index (χ3v) is 2.67. The van der Waals surface area contributed by atoms with Gasteiger partial charge in [0.05, 0.1) is 0 Å². The summed E-state index contributed by atoms with van der Waals surface area (Å²) in [6.45, 7) is 4.10. The summed E-state index contributed by atoms with van der Waals surface area (Å²) in [7, 11) is 0. The van der Waals surface area contributed by atoms with Crippen molar-refractivity contribution < 1.29 is 14.6 Å². The lowest BCUT2D eigenvalue weighted by Gasteiger charge is -2.24. The van der Waals surface area contributed by atoms with Gasteiger partial charge in [0.15, 0.2) is 0 Å². The first-order chi connectivity index (χ1) is 6.71. The van der Waals surface area contributed by atoms with Crippen molar-refractivity contribution in [2.24, 2.45) is 0 Å². The Bertz CT molecular complexity index is 188. The van der Waals surface area contributed by atoms with Gasteiger partial charge in [-0.3, -0.25) is 4.79 Å². The van der Waals surface area contributed by atoms with Crippen LogP contribution in [0.25, 0.3) is 0 Å². The van der Waals surface area contributed by atoms with Gasteiger partial charge in [-0.25, -0.2) is 0 Å². The SMILES string of the molecule is CCCOCCC1(C(=O)O)CCCN1. The predicted molar refractivity (Wildman–Crippen MR) is 53.3 cm³/mol. The van der Waals surface area contributed by atoms with Gasteiger partial charge in [0.2, 0.25) is 0 Å². The molecule has 0 aliphatic carbocycles. The van der Waals surface area contributed by atoms with Crippen molar-refractivity contribution >= 4 is 5.97 Å². The first kappa shape index (κ1) is 11.5. The van der Waals surface area contributed by atoms with Gasteiger partial charge in [-0.2, -0.15) is 0 Å². The second-order valence-electron chi connectivity index (χ2n) is 3.78. The summed E-state index contributed by atoms with van der Waals surface area (Å²) < 4.78 is 5.32. The van der Waals surface area contributed by atoms with Crippen LogP contribution in [0.5, 0.6) is 0 Å². The van der Waals surface area contributed by atoms with Crippen LogP contribution in [0, 0.1) is 0 Å². The first-order valence-corrected chi connectivity index (χ1v) is 5.27. The van der Waals surface area contributed by atoms with E-state index < -0.39 is 11.5 Å². The Morgan fingerprint density at radius 3 is 2.86 bits per heavy atom. The summed E-state index contributed by atoms with van der Waals surface area (Å²) in [6, 6.07) is 0. The molecule has 4 heteroatoms. The Labute approximate surface area is 84.6 Å². The molecular weight excluding hydrogens is 182 g/mol. The Hall–Kier alpha value is -0.610. The van der Waals surface area contributed by atoms with Gasteiger partial charge < -0.3 is 15.2 Å². The van der Waals surface area contributed by atoms with Crippen molar-refractivity contribution in [2.45, 2.75) is 38.1 Å². The molecule has 2 N–H and O–H groups in total. The van der Waals surface area contributed by atoms with Crippen molar-refractivity contribution in [3.05, 3.63) is 0 Å². The lowest BCUT2D eigenvalue weighted by atomic mass is 9.94. The lowest BCUT2D eigenvalue weighted by Crippen LogP contribution is -2.48. The molecule has 1 unspecified atom stereocenters. The minimum absolute atomic E-state index is 0.535. The molecule has 0 radical (unpaired) electrons. The summed E-state index contributed by atoms with van der Waals surface area (Å²) in [4.78, 5) is 11.1. The van der Waals surface area contributed by atoms with E-state index in [0.717, 1.165) is 32.4 Å². The van der Waals surface area contributed by atoms with Crippen LogP contribution in [0.4, 0.5) is 0 Å². The standard InChI is InChI=1S/C10H19NO3/c1-2-7-14-8-5-10(9(12)13)4-3-6-11-10/h11H,2-8H2,1H3,(H,12,13). The second kappa shape index (κ2) is 5.32. The highest BCUT2D eigenvalue weighted by Crippen LogP contribution is 2.23. The molecule has 0 spiro atoms. The molecule has 0 amide bonds. The van der Waals surface area contributed by atoms with Crippen LogP contribution in [0.3, 0.4) is 0 Å². The zero-order valence-electron chi connectivity index (χ0n) is 8.71. The number of carbonyl (C=O) groups is 1. The van der Waals surface area contributed by atoms with E-state index in [2.05, 4.69) is 5.32 Å². The van der Waals surface area contributed by atoms with Crippen LogP contribution in [0.15, 0.2) is 0 Å². The van der Waals surface area contributed by atoms with E-state index >= 15 is 0 Å². The quantitative estimate of drug-likeness (QED) is 0.630. The van der Waals surface area contributed by atoms with E-state index in [1.54, 1.807) is 0 Å². The average molecular weight is 201 g/mol. The molecule has 1 aliphatic rings. The zero-order chi connectivity index (χ0) is 10.4. The first-order valence-electron chi connectivity index (χ1n) is 5.27. The summed E-state index contributed by atoms with van der Waals surface area (Å²) in [5.74, 6) is -0.741. The lowest BCUT2D eigenvalue weighted by molar-refractivity contribution is -0.145. The molecule has 1 saturated heterocycles. The number of carboxylic acids is 1. The maximum absolute atomic E-state index is 11.1. The third kappa shape index (κ3) is 2.69. The van der Waals surface area contributed by atoms with Gasteiger partial charge in [0.1, 0.15) is 5.54 Å². The molecule has 0 saturated carbocycles. The Kier molecular flexibility index (Phi) is 4.35.